The first-order chi connectivity index (χ1) is 10.4. The van der Waals surface area contributed by atoms with Crippen molar-refractivity contribution < 1.29 is 18.8 Å². The molecule has 126 valence electrons. The number of carbonyl (C=O) groups is 2. The Balaban J connectivity index is 2.87. The molecule has 1 fully saturated rings. The molecule has 0 N–H and O–H groups in total. The average Bonchev–Trinajstić information content (AvgIpc) is 2.51. The quantitative estimate of drug-likeness (QED) is 0.388. The summed E-state index contributed by atoms with van der Waals surface area (Å²) in [5.41, 5.74) is 0. The molecule has 1 aliphatic rings. The first-order valence-corrected chi connectivity index (χ1v) is 10.7. The van der Waals surface area contributed by atoms with E-state index in [1.165, 1.54) is 11.0 Å². The Bertz CT molecular complexity index is 412. The molecule has 2 unspecified atom stereocenters. The molecule has 5 nitrogen and oxygen atoms in total. The van der Waals surface area contributed by atoms with Crippen molar-refractivity contribution in [2.24, 2.45) is 5.92 Å². The molecular weight excluding hydrogens is 298 g/mol. The summed E-state index contributed by atoms with van der Waals surface area (Å²) < 4.78 is 11.3. The molecule has 2 amide bonds. The maximum atomic E-state index is 12.4. The Hall–Kier alpha value is -1.14. The second-order valence-corrected chi connectivity index (χ2v) is 10.8. The van der Waals surface area contributed by atoms with Gasteiger partial charge in [-0.1, -0.05) is 47.3 Å². The first-order valence-electron chi connectivity index (χ1n) is 8.15. The van der Waals surface area contributed by atoms with Gasteiger partial charge in [-0.15, -0.1) is 0 Å². The molecule has 1 heterocycles. The number of carbonyl (C=O) groups excluding carboxylic acids is 2. The summed E-state index contributed by atoms with van der Waals surface area (Å²) in [6.07, 6.45) is 0.395. The van der Waals surface area contributed by atoms with E-state index in [1.807, 2.05) is 13.8 Å². The topological polar surface area (TPSA) is 55.8 Å². The standard InChI is InChI=1S/C16H29NO4Si/c1-7-11-20-16(19)17-13(12(5)6)14(15(17)18)21-22(8-2,9-3)10-4/h7,12-14H,1,8-11H2,2-6H3. The fourth-order valence-corrected chi connectivity index (χ4v) is 5.71. The normalized spacial score (nSPS) is 21.7. The van der Waals surface area contributed by atoms with E-state index in [-0.39, 0.29) is 24.5 Å². The van der Waals surface area contributed by atoms with Crippen molar-refractivity contribution in [1.29, 1.82) is 0 Å². The van der Waals surface area contributed by atoms with Gasteiger partial charge in [0.15, 0.2) is 8.32 Å². The zero-order chi connectivity index (χ0) is 16.9. The van der Waals surface area contributed by atoms with E-state index in [4.69, 9.17) is 9.16 Å². The van der Waals surface area contributed by atoms with Crippen LogP contribution >= 0.6 is 0 Å². The molecule has 0 aromatic heterocycles. The van der Waals surface area contributed by atoms with Crippen LogP contribution in [0.1, 0.15) is 34.6 Å². The van der Waals surface area contributed by atoms with E-state index >= 15 is 0 Å². The molecule has 1 rings (SSSR count). The zero-order valence-corrected chi connectivity index (χ0v) is 15.4. The van der Waals surface area contributed by atoms with Gasteiger partial charge in [-0.3, -0.25) is 4.79 Å². The van der Waals surface area contributed by atoms with Gasteiger partial charge in [-0.25, -0.2) is 9.69 Å². The van der Waals surface area contributed by atoms with Gasteiger partial charge in [0.2, 0.25) is 0 Å². The van der Waals surface area contributed by atoms with Crippen molar-refractivity contribution in [2.45, 2.75) is 64.9 Å². The molecule has 6 heteroatoms. The van der Waals surface area contributed by atoms with Crippen LogP contribution in [0.2, 0.25) is 18.1 Å². The summed E-state index contributed by atoms with van der Waals surface area (Å²) in [7, 11) is -1.89. The van der Waals surface area contributed by atoms with E-state index in [0.717, 1.165) is 18.1 Å². The summed E-state index contributed by atoms with van der Waals surface area (Å²) in [5.74, 6) is -0.128. The number of β-lactam (4-membered cyclic amide) rings is 1. The number of nitrogens with zero attached hydrogens (tertiary/aromatic N) is 1. The molecule has 0 aliphatic carbocycles. The SMILES string of the molecule is C=CCOC(=O)N1C(=O)C(O[Si](CC)(CC)CC)C1C(C)C. The molecule has 22 heavy (non-hydrogen) atoms. The van der Waals surface area contributed by atoms with Crippen molar-refractivity contribution in [3.63, 3.8) is 0 Å². The molecule has 0 aromatic rings. The van der Waals surface area contributed by atoms with Gasteiger partial charge in [-0.05, 0) is 24.1 Å². The van der Waals surface area contributed by atoms with Crippen molar-refractivity contribution >= 4 is 20.3 Å². The third kappa shape index (κ3) is 3.60. The number of amides is 2. The Labute approximate surface area is 134 Å². The van der Waals surface area contributed by atoms with Crippen molar-refractivity contribution in [2.75, 3.05) is 6.61 Å². The van der Waals surface area contributed by atoms with Gasteiger partial charge < -0.3 is 9.16 Å². The minimum atomic E-state index is -1.89. The smallest absolute Gasteiger partial charge is 0.417 e. The van der Waals surface area contributed by atoms with Crippen molar-refractivity contribution in [3.8, 4) is 0 Å². The second kappa shape index (κ2) is 7.92. The summed E-state index contributed by atoms with van der Waals surface area (Å²) >= 11 is 0. The first kappa shape index (κ1) is 18.9. The molecule has 0 spiro atoms. The third-order valence-corrected chi connectivity index (χ3v) is 9.22. The van der Waals surface area contributed by atoms with Gasteiger partial charge >= 0.3 is 6.09 Å². The fraction of sp³-hybridized carbons (Fsp3) is 0.750. The van der Waals surface area contributed by atoms with Crippen LogP contribution in [0.15, 0.2) is 12.7 Å². The van der Waals surface area contributed by atoms with E-state index in [2.05, 4.69) is 27.4 Å². The Kier molecular flexibility index (Phi) is 6.81. The van der Waals surface area contributed by atoms with Crippen LogP contribution in [-0.4, -0.2) is 44.0 Å². The Morgan fingerprint density at radius 1 is 1.32 bits per heavy atom. The molecule has 1 aliphatic heterocycles. The molecular formula is C16H29NO4Si. The highest BCUT2D eigenvalue weighted by molar-refractivity contribution is 6.73. The molecule has 2 atom stereocenters. The van der Waals surface area contributed by atoms with Crippen LogP contribution in [0.5, 0.6) is 0 Å². The van der Waals surface area contributed by atoms with Gasteiger partial charge in [0, 0.05) is 0 Å². The summed E-state index contributed by atoms with van der Waals surface area (Å²) in [5, 5.41) is 0. The molecule has 0 bridgehead atoms. The highest BCUT2D eigenvalue weighted by Crippen LogP contribution is 2.34. The minimum absolute atomic E-state index is 0.108. The highest BCUT2D eigenvalue weighted by Gasteiger charge is 2.55. The Morgan fingerprint density at radius 3 is 2.27 bits per heavy atom. The van der Waals surface area contributed by atoms with Crippen molar-refractivity contribution in [1.82, 2.24) is 4.90 Å². The summed E-state index contributed by atoms with van der Waals surface area (Å²) in [4.78, 5) is 25.6. The third-order valence-electron chi connectivity index (χ3n) is 4.60. The van der Waals surface area contributed by atoms with Gasteiger partial charge in [0.1, 0.15) is 12.7 Å². The van der Waals surface area contributed by atoms with E-state index in [1.54, 1.807) is 0 Å². The number of ether oxygens (including phenoxy) is 1. The molecule has 0 saturated carbocycles. The Morgan fingerprint density at radius 2 is 1.86 bits per heavy atom. The molecule has 1 saturated heterocycles. The van der Waals surface area contributed by atoms with E-state index < -0.39 is 20.5 Å². The van der Waals surface area contributed by atoms with E-state index in [9.17, 15) is 9.59 Å². The lowest BCUT2D eigenvalue weighted by atomic mass is 9.89. The maximum absolute atomic E-state index is 12.4. The lowest BCUT2D eigenvalue weighted by Gasteiger charge is -2.49. The lowest BCUT2D eigenvalue weighted by molar-refractivity contribution is -0.163. The van der Waals surface area contributed by atoms with Gasteiger partial charge in [-0.2, -0.15) is 0 Å². The lowest BCUT2D eigenvalue weighted by Crippen LogP contribution is -2.71. The monoisotopic (exact) mass is 327 g/mol. The highest BCUT2D eigenvalue weighted by atomic mass is 28.4. The van der Waals surface area contributed by atoms with Gasteiger partial charge in [0.25, 0.3) is 5.91 Å². The number of imide groups is 1. The molecule has 0 aromatic carbocycles. The van der Waals surface area contributed by atoms with Crippen molar-refractivity contribution in [3.05, 3.63) is 12.7 Å². The fourth-order valence-electron chi connectivity index (χ4n) is 2.93. The minimum Gasteiger partial charge on any atom is -0.445 e. The summed E-state index contributed by atoms with van der Waals surface area (Å²) in [6, 6.07) is 2.71. The van der Waals surface area contributed by atoms with Crippen LogP contribution in [0, 0.1) is 5.92 Å². The average molecular weight is 327 g/mol. The predicted octanol–water partition coefficient (Wildman–Crippen LogP) is 3.57. The van der Waals surface area contributed by atoms with Gasteiger partial charge in [0.05, 0.1) is 6.04 Å². The number of likely N-dealkylation sites (tertiary alicyclic amines) is 1. The number of rotatable bonds is 8. The van der Waals surface area contributed by atoms with Crippen LogP contribution in [0.3, 0.4) is 0 Å². The molecule has 0 radical (unpaired) electrons. The van der Waals surface area contributed by atoms with E-state index in [0.29, 0.717) is 0 Å². The summed E-state index contributed by atoms with van der Waals surface area (Å²) in [6.45, 7) is 14.0. The maximum Gasteiger partial charge on any atom is 0.417 e. The largest absolute Gasteiger partial charge is 0.445 e. The van der Waals surface area contributed by atoms with Crippen LogP contribution < -0.4 is 0 Å². The van der Waals surface area contributed by atoms with Crippen LogP contribution in [0.25, 0.3) is 0 Å². The van der Waals surface area contributed by atoms with Crippen LogP contribution in [0.4, 0.5) is 4.79 Å². The van der Waals surface area contributed by atoms with Crippen LogP contribution in [-0.2, 0) is 14.0 Å². The number of hydrogen-bond acceptors (Lipinski definition) is 4. The predicted molar refractivity (Wildman–Crippen MR) is 89.1 cm³/mol. The zero-order valence-electron chi connectivity index (χ0n) is 14.4. The second-order valence-electron chi connectivity index (χ2n) is 6.09. The number of hydrogen-bond donors (Lipinski definition) is 0.